The highest BCUT2D eigenvalue weighted by molar-refractivity contribution is 7.88. The average Bonchev–Trinajstić information content (AvgIpc) is 2.53. The van der Waals surface area contributed by atoms with Crippen molar-refractivity contribution in [3.05, 3.63) is 70.3 Å². The summed E-state index contributed by atoms with van der Waals surface area (Å²) >= 11 is 0. The predicted molar refractivity (Wildman–Crippen MR) is 89.4 cm³/mol. The number of non-ortho nitro benzene ring substituents is 1. The van der Waals surface area contributed by atoms with Gasteiger partial charge in [-0.15, -0.1) is 0 Å². The molecule has 2 aromatic rings. The summed E-state index contributed by atoms with van der Waals surface area (Å²) < 4.78 is 30.9. The van der Waals surface area contributed by atoms with Crippen molar-refractivity contribution < 1.29 is 27.4 Å². The van der Waals surface area contributed by atoms with E-state index >= 15 is 0 Å². The second-order valence-corrected chi connectivity index (χ2v) is 5.97. The molecule has 0 unspecified atom stereocenters. The van der Waals surface area contributed by atoms with Crippen LogP contribution in [-0.2, 0) is 15.1 Å². The van der Waals surface area contributed by atoms with E-state index in [1.807, 2.05) is 0 Å². The van der Waals surface area contributed by atoms with Gasteiger partial charge in [0.1, 0.15) is 5.75 Å². The molecule has 0 heterocycles. The van der Waals surface area contributed by atoms with Gasteiger partial charge in [0.15, 0.2) is 0 Å². The summed E-state index contributed by atoms with van der Waals surface area (Å²) in [6, 6.07) is 10.5. The van der Waals surface area contributed by atoms with Crippen molar-refractivity contribution in [3.63, 3.8) is 0 Å². The largest absolute Gasteiger partial charge is 0.478 e. The Labute approximate surface area is 142 Å². The molecule has 0 atom stereocenters. The van der Waals surface area contributed by atoms with Gasteiger partial charge in [-0.05, 0) is 35.9 Å². The maximum absolute atomic E-state index is 12.0. The van der Waals surface area contributed by atoms with E-state index in [0.717, 1.165) is 30.3 Å². The summed E-state index contributed by atoms with van der Waals surface area (Å²) in [4.78, 5) is 20.4. The molecule has 0 aliphatic rings. The molecule has 2 aromatic carbocycles. The summed E-state index contributed by atoms with van der Waals surface area (Å²) in [6.07, 6.45) is 2.22. The second-order valence-electron chi connectivity index (χ2n) is 4.69. The van der Waals surface area contributed by atoms with Crippen molar-refractivity contribution in [2.75, 3.05) is 4.72 Å². The van der Waals surface area contributed by atoms with Crippen LogP contribution in [0.15, 0.2) is 54.6 Å². The van der Waals surface area contributed by atoms with Gasteiger partial charge in [0.25, 0.3) is 5.69 Å². The third kappa shape index (κ3) is 5.62. The standard InChI is InChI=1S/C15H12N2O7S/c18-15(19)9-4-11-2-1-3-12(10-11)16-25(22,23)24-14-7-5-13(6-8-14)17(20)21/h1-10,16H,(H,18,19). The molecular weight excluding hydrogens is 352 g/mol. The van der Waals surface area contributed by atoms with E-state index in [4.69, 9.17) is 9.29 Å². The summed E-state index contributed by atoms with van der Waals surface area (Å²) in [5, 5.41) is 19.1. The number of carbonyl (C=O) groups is 1. The van der Waals surface area contributed by atoms with Crippen molar-refractivity contribution in [2.24, 2.45) is 0 Å². The number of nitrogens with zero attached hydrogens (tertiary/aromatic N) is 1. The van der Waals surface area contributed by atoms with Crippen LogP contribution in [0.1, 0.15) is 5.56 Å². The Balaban J connectivity index is 2.11. The van der Waals surface area contributed by atoms with Gasteiger partial charge in [0.2, 0.25) is 0 Å². The third-order valence-electron chi connectivity index (χ3n) is 2.80. The van der Waals surface area contributed by atoms with Gasteiger partial charge >= 0.3 is 16.3 Å². The molecule has 0 fully saturated rings. The van der Waals surface area contributed by atoms with E-state index in [0.29, 0.717) is 5.56 Å². The number of anilines is 1. The van der Waals surface area contributed by atoms with E-state index < -0.39 is 21.2 Å². The number of nitrogens with one attached hydrogen (secondary N) is 1. The molecule has 2 rings (SSSR count). The molecular formula is C15H12N2O7S. The first-order chi connectivity index (χ1) is 11.7. The zero-order chi connectivity index (χ0) is 18.4. The van der Waals surface area contributed by atoms with Crippen LogP contribution >= 0.6 is 0 Å². The maximum Gasteiger partial charge on any atom is 0.407 e. The molecule has 10 heteroatoms. The van der Waals surface area contributed by atoms with E-state index in [1.54, 1.807) is 6.07 Å². The number of rotatable bonds is 7. The van der Waals surface area contributed by atoms with Gasteiger partial charge < -0.3 is 9.29 Å². The number of hydrogen-bond acceptors (Lipinski definition) is 6. The summed E-state index contributed by atoms with van der Waals surface area (Å²) in [6.45, 7) is 0. The summed E-state index contributed by atoms with van der Waals surface area (Å²) in [5.41, 5.74) is 0.433. The van der Waals surface area contributed by atoms with Gasteiger partial charge in [-0.3, -0.25) is 14.8 Å². The van der Waals surface area contributed by atoms with Crippen LogP contribution in [-0.4, -0.2) is 24.4 Å². The Morgan fingerprint density at radius 1 is 1.20 bits per heavy atom. The number of nitro groups is 1. The quantitative estimate of drug-likeness (QED) is 0.437. The monoisotopic (exact) mass is 364 g/mol. The molecule has 2 N–H and O–H groups in total. The predicted octanol–water partition coefficient (Wildman–Crippen LogP) is 2.43. The molecule has 0 radical (unpaired) electrons. The van der Waals surface area contributed by atoms with Crippen molar-refractivity contribution >= 4 is 33.7 Å². The van der Waals surface area contributed by atoms with Crippen molar-refractivity contribution in [3.8, 4) is 5.75 Å². The first-order valence-electron chi connectivity index (χ1n) is 6.73. The van der Waals surface area contributed by atoms with E-state index in [-0.39, 0.29) is 17.1 Å². The van der Waals surface area contributed by atoms with Crippen LogP contribution in [0.4, 0.5) is 11.4 Å². The minimum Gasteiger partial charge on any atom is -0.478 e. The summed E-state index contributed by atoms with van der Waals surface area (Å²) in [7, 11) is -4.23. The first-order valence-corrected chi connectivity index (χ1v) is 8.14. The molecule has 0 bridgehead atoms. The number of aliphatic carboxylic acids is 1. The molecule has 9 nitrogen and oxygen atoms in total. The third-order valence-corrected chi connectivity index (χ3v) is 3.70. The van der Waals surface area contributed by atoms with Crippen LogP contribution in [0, 0.1) is 10.1 Å². The second kappa shape index (κ2) is 7.45. The molecule has 0 saturated carbocycles. The Morgan fingerprint density at radius 3 is 2.48 bits per heavy atom. The van der Waals surface area contributed by atoms with Crippen LogP contribution in [0.25, 0.3) is 6.08 Å². The normalized spacial score (nSPS) is 11.2. The Hall–Kier alpha value is -3.40. The van der Waals surface area contributed by atoms with Crippen molar-refractivity contribution in [2.45, 2.75) is 0 Å². The minimum absolute atomic E-state index is 0.0972. The average molecular weight is 364 g/mol. The molecule has 0 aliphatic heterocycles. The highest BCUT2D eigenvalue weighted by Gasteiger charge is 2.14. The lowest BCUT2D eigenvalue weighted by Gasteiger charge is -2.09. The number of hydrogen-bond donors (Lipinski definition) is 2. The van der Waals surface area contributed by atoms with Crippen molar-refractivity contribution in [1.29, 1.82) is 0 Å². The lowest BCUT2D eigenvalue weighted by molar-refractivity contribution is -0.384. The number of nitro benzene ring substituents is 1. The Bertz CT molecular complexity index is 921. The van der Waals surface area contributed by atoms with E-state index in [9.17, 15) is 23.3 Å². The van der Waals surface area contributed by atoms with E-state index in [1.165, 1.54) is 24.3 Å². The SMILES string of the molecule is O=C(O)C=Cc1cccc(NS(=O)(=O)Oc2ccc([N+](=O)[O-])cc2)c1. The van der Waals surface area contributed by atoms with Crippen LogP contribution in [0.3, 0.4) is 0 Å². The zero-order valence-corrected chi connectivity index (χ0v) is 13.3. The smallest absolute Gasteiger partial charge is 0.407 e. The highest BCUT2D eigenvalue weighted by atomic mass is 32.2. The number of carboxylic acid groups (broad SMARTS) is 1. The number of benzene rings is 2. The van der Waals surface area contributed by atoms with Crippen LogP contribution in [0.2, 0.25) is 0 Å². The van der Waals surface area contributed by atoms with Gasteiger partial charge in [0, 0.05) is 18.2 Å². The van der Waals surface area contributed by atoms with Gasteiger partial charge in [-0.25, -0.2) is 4.79 Å². The molecule has 0 aromatic heterocycles. The fourth-order valence-corrected chi connectivity index (χ4v) is 2.61. The minimum atomic E-state index is -4.23. The molecule has 0 saturated heterocycles. The van der Waals surface area contributed by atoms with Gasteiger partial charge in [-0.1, -0.05) is 12.1 Å². The first kappa shape index (κ1) is 17.9. The maximum atomic E-state index is 12.0. The molecule has 0 spiro atoms. The van der Waals surface area contributed by atoms with Gasteiger partial charge in [-0.2, -0.15) is 8.42 Å². The lowest BCUT2D eigenvalue weighted by Crippen LogP contribution is -2.19. The topological polar surface area (TPSA) is 136 Å². The van der Waals surface area contributed by atoms with E-state index in [2.05, 4.69) is 4.72 Å². The van der Waals surface area contributed by atoms with Crippen LogP contribution < -0.4 is 8.91 Å². The highest BCUT2D eigenvalue weighted by Crippen LogP contribution is 2.20. The fourth-order valence-electron chi connectivity index (χ4n) is 1.79. The Kier molecular flexibility index (Phi) is 5.35. The molecule has 0 amide bonds. The molecule has 130 valence electrons. The lowest BCUT2D eigenvalue weighted by atomic mass is 10.2. The summed E-state index contributed by atoms with van der Waals surface area (Å²) in [5.74, 6) is -1.23. The zero-order valence-electron chi connectivity index (χ0n) is 12.5. The van der Waals surface area contributed by atoms with Crippen molar-refractivity contribution in [1.82, 2.24) is 0 Å². The fraction of sp³-hybridized carbons (Fsp3) is 0. The van der Waals surface area contributed by atoms with Crippen LogP contribution in [0.5, 0.6) is 5.75 Å². The molecule has 0 aliphatic carbocycles. The number of carboxylic acids is 1. The molecule has 25 heavy (non-hydrogen) atoms. The van der Waals surface area contributed by atoms with Gasteiger partial charge in [0.05, 0.1) is 10.6 Å². The Morgan fingerprint density at radius 2 is 1.88 bits per heavy atom.